The minimum absolute atomic E-state index is 0.0779. The molecule has 0 unspecified atom stereocenters. The van der Waals surface area contributed by atoms with E-state index < -0.39 is 24.4 Å². The van der Waals surface area contributed by atoms with Crippen molar-refractivity contribution in [1.29, 1.82) is 0 Å². The minimum atomic E-state index is -2.86. The van der Waals surface area contributed by atoms with Crippen molar-refractivity contribution in [3.8, 4) is 5.75 Å². The van der Waals surface area contributed by atoms with Gasteiger partial charge in [0.25, 0.3) is 6.43 Å². The number of carbonyl (C=O) groups excluding carboxylic acids is 1. The summed E-state index contributed by atoms with van der Waals surface area (Å²) in [6.45, 7) is 0. The molecule has 0 aliphatic rings. The summed E-state index contributed by atoms with van der Waals surface area (Å²) in [6.07, 6.45) is -2.86. The number of phenolic OH excluding ortho intramolecular Hbond substituents is 1. The van der Waals surface area contributed by atoms with E-state index in [1.807, 2.05) is 0 Å². The van der Waals surface area contributed by atoms with Gasteiger partial charge in [0.1, 0.15) is 17.7 Å². The van der Waals surface area contributed by atoms with Gasteiger partial charge < -0.3 is 20.7 Å². The van der Waals surface area contributed by atoms with Crippen LogP contribution in [-0.2, 0) is 4.79 Å². The van der Waals surface area contributed by atoms with E-state index in [-0.39, 0.29) is 11.3 Å². The van der Waals surface area contributed by atoms with Crippen LogP contribution in [0.4, 0.5) is 8.78 Å². The third kappa shape index (κ3) is 2.66. The quantitative estimate of drug-likeness (QED) is 0.704. The lowest BCUT2D eigenvalue weighted by Crippen LogP contribution is -2.71. The SMILES string of the molecule is [NH3+][C@@H](C(=O)[O-])[C@@H](c1ccc(O)cc1)C(F)F. The molecule has 0 aliphatic heterocycles. The number of alkyl halides is 2. The van der Waals surface area contributed by atoms with Crippen LogP contribution in [0.5, 0.6) is 5.75 Å². The van der Waals surface area contributed by atoms with Gasteiger partial charge in [-0.15, -0.1) is 0 Å². The van der Waals surface area contributed by atoms with Gasteiger partial charge in [0, 0.05) is 0 Å². The Bertz CT molecular complexity index is 367. The Hall–Kier alpha value is -1.69. The van der Waals surface area contributed by atoms with E-state index in [9.17, 15) is 18.7 Å². The number of hydrogen-bond acceptors (Lipinski definition) is 3. The molecule has 6 heteroatoms. The van der Waals surface area contributed by atoms with Crippen molar-refractivity contribution in [2.45, 2.75) is 18.4 Å². The van der Waals surface area contributed by atoms with Gasteiger partial charge in [0.15, 0.2) is 0 Å². The van der Waals surface area contributed by atoms with E-state index in [1.165, 1.54) is 24.3 Å². The summed E-state index contributed by atoms with van der Waals surface area (Å²) in [6, 6.07) is 3.38. The molecule has 0 saturated carbocycles. The normalized spacial score (nSPS) is 14.8. The smallest absolute Gasteiger partial charge is 0.251 e. The van der Waals surface area contributed by atoms with Crippen LogP contribution in [0.2, 0.25) is 0 Å². The van der Waals surface area contributed by atoms with Crippen LogP contribution in [0.3, 0.4) is 0 Å². The van der Waals surface area contributed by atoms with Crippen molar-refractivity contribution in [3.05, 3.63) is 29.8 Å². The second-order valence-corrected chi connectivity index (χ2v) is 3.38. The van der Waals surface area contributed by atoms with Crippen molar-refractivity contribution in [1.82, 2.24) is 0 Å². The minimum Gasteiger partial charge on any atom is -0.544 e. The molecular weight excluding hydrogens is 220 g/mol. The lowest BCUT2D eigenvalue weighted by atomic mass is 9.92. The highest BCUT2D eigenvalue weighted by Gasteiger charge is 2.32. The van der Waals surface area contributed by atoms with Crippen LogP contribution in [0.25, 0.3) is 0 Å². The number of halogens is 2. The molecule has 16 heavy (non-hydrogen) atoms. The maximum atomic E-state index is 12.7. The zero-order chi connectivity index (χ0) is 12.3. The maximum Gasteiger partial charge on any atom is 0.251 e. The number of phenols is 1. The number of benzene rings is 1. The van der Waals surface area contributed by atoms with Crippen LogP contribution >= 0.6 is 0 Å². The average molecular weight is 231 g/mol. The first-order valence-corrected chi connectivity index (χ1v) is 4.54. The number of aliphatic carboxylic acids is 1. The van der Waals surface area contributed by atoms with Crippen LogP contribution in [-0.4, -0.2) is 23.5 Å². The number of carboxylic acids is 1. The molecule has 0 aliphatic carbocycles. The lowest BCUT2D eigenvalue weighted by molar-refractivity contribution is -0.445. The molecule has 1 rings (SSSR count). The molecule has 0 bridgehead atoms. The van der Waals surface area contributed by atoms with Crippen LogP contribution in [0.1, 0.15) is 11.5 Å². The van der Waals surface area contributed by atoms with Gasteiger partial charge in [-0.25, -0.2) is 8.78 Å². The molecule has 0 fully saturated rings. The Balaban J connectivity index is 3.03. The number of rotatable bonds is 4. The molecule has 0 radical (unpaired) electrons. The molecule has 4 N–H and O–H groups in total. The standard InChI is InChI=1S/C10H11F2NO3/c11-9(12)7(8(13)10(15)16)5-1-3-6(14)4-2-5/h1-4,7-9,14H,13H2,(H,15,16)/t7-,8-/m1/s1. The van der Waals surface area contributed by atoms with E-state index in [4.69, 9.17) is 5.11 Å². The van der Waals surface area contributed by atoms with Gasteiger partial charge >= 0.3 is 0 Å². The first kappa shape index (κ1) is 12.4. The summed E-state index contributed by atoms with van der Waals surface area (Å²) in [5.41, 5.74) is 3.26. The molecule has 4 nitrogen and oxygen atoms in total. The molecule has 0 spiro atoms. The van der Waals surface area contributed by atoms with Crippen LogP contribution in [0, 0.1) is 0 Å². The van der Waals surface area contributed by atoms with E-state index in [0.717, 1.165) is 0 Å². The third-order valence-corrected chi connectivity index (χ3v) is 2.29. The van der Waals surface area contributed by atoms with Gasteiger partial charge in [0.05, 0.1) is 5.97 Å². The Morgan fingerprint density at radius 1 is 1.31 bits per heavy atom. The first-order chi connectivity index (χ1) is 7.43. The fourth-order valence-corrected chi connectivity index (χ4v) is 1.40. The molecule has 0 heterocycles. The second kappa shape index (κ2) is 4.89. The van der Waals surface area contributed by atoms with Gasteiger partial charge in [-0.05, 0) is 17.7 Å². The number of carbonyl (C=O) groups is 1. The van der Waals surface area contributed by atoms with Gasteiger partial charge in [-0.2, -0.15) is 0 Å². The Morgan fingerprint density at radius 3 is 2.19 bits per heavy atom. The molecule has 2 atom stereocenters. The number of carboxylic acid groups (broad SMARTS) is 1. The third-order valence-electron chi connectivity index (χ3n) is 2.29. The Morgan fingerprint density at radius 2 is 1.81 bits per heavy atom. The molecule has 0 saturated heterocycles. The average Bonchev–Trinajstić information content (AvgIpc) is 2.20. The van der Waals surface area contributed by atoms with E-state index >= 15 is 0 Å². The van der Waals surface area contributed by atoms with Crippen molar-refractivity contribution < 1.29 is 29.5 Å². The van der Waals surface area contributed by atoms with Gasteiger partial charge in [0.2, 0.25) is 0 Å². The number of hydrogen-bond donors (Lipinski definition) is 2. The fourth-order valence-electron chi connectivity index (χ4n) is 1.40. The van der Waals surface area contributed by atoms with Gasteiger partial charge in [-0.1, -0.05) is 12.1 Å². The molecule has 88 valence electrons. The molecule has 0 aromatic heterocycles. The van der Waals surface area contributed by atoms with Crippen molar-refractivity contribution in [3.63, 3.8) is 0 Å². The highest BCUT2D eigenvalue weighted by Crippen LogP contribution is 2.26. The van der Waals surface area contributed by atoms with E-state index in [2.05, 4.69) is 5.73 Å². The summed E-state index contributed by atoms with van der Waals surface area (Å²) < 4.78 is 25.4. The summed E-state index contributed by atoms with van der Waals surface area (Å²) in [5, 5.41) is 19.5. The molecule has 1 aromatic carbocycles. The van der Waals surface area contributed by atoms with E-state index in [0.29, 0.717) is 0 Å². The summed E-state index contributed by atoms with van der Waals surface area (Å²) in [7, 11) is 0. The van der Waals surface area contributed by atoms with E-state index in [1.54, 1.807) is 0 Å². The highest BCUT2D eigenvalue weighted by atomic mass is 19.3. The Labute approximate surface area is 90.3 Å². The molecular formula is C10H11F2NO3. The predicted octanol–water partition coefficient (Wildman–Crippen LogP) is -0.899. The number of aromatic hydroxyl groups is 1. The Kier molecular flexibility index (Phi) is 3.78. The predicted molar refractivity (Wildman–Crippen MR) is 48.5 cm³/mol. The summed E-state index contributed by atoms with van der Waals surface area (Å²) >= 11 is 0. The van der Waals surface area contributed by atoms with Crippen molar-refractivity contribution >= 4 is 5.97 Å². The molecule has 1 aromatic rings. The zero-order valence-corrected chi connectivity index (χ0v) is 8.27. The van der Waals surface area contributed by atoms with Crippen LogP contribution < -0.4 is 10.8 Å². The second-order valence-electron chi connectivity index (χ2n) is 3.38. The number of quaternary nitrogens is 1. The lowest BCUT2D eigenvalue weighted by Gasteiger charge is -2.21. The monoisotopic (exact) mass is 231 g/mol. The van der Waals surface area contributed by atoms with Crippen molar-refractivity contribution in [2.75, 3.05) is 0 Å². The maximum absolute atomic E-state index is 12.7. The van der Waals surface area contributed by atoms with Crippen molar-refractivity contribution in [2.24, 2.45) is 0 Å². The largest absolute Gasteiger partial charge is 0.544 e. The molecule has 0 amide bonds. The van der Waals surface area contributed by atoms with Gasteiger partial charge in [-0.3, -0.25) is 0 Å². The first-order valence-electron chi connectivity index (χ1n) is 4.54. The highest BCUT2D eigenvalue weighted by molar-refractivity contribution is 5.71. The topological polar surface area (TPSA) is 88.0 Å². The fraction of sp³-hybridized carbons (Fsp3) is 0.300. The zero-order valence-electron chi connectivity index (χ0n) is 8.27. The summed E-state index contributed by atoms with van der Waals surface area (Å²) in [4.78, 5) is 10.5. The van der Waals surface area contributed by atoms with Crippen LogP contribution in [0.15, 0.2) is 24.3 Å². The summed E-state index contributed by atoms with van der Waals surface area (Å²) in [5.74, 6) is -3.24.